The summed E-state index contributed by atoms with van der Waals surface area (Å²) in [5.74, 6) is -14.3. The number of aryl methyl sites for hydroxylation is 2. The quantitative estimate of drug-likeness (QED) is 0.105. The number of rotatable bonds is 6. The van der Waals surface area contributed by atoms with Crippen molar-refractivity contribution in [2.75, 3.05) is 6.61 Å². The highest BCUT2D eigenvalue weighted by Gasteiger charge is 2.31. The monoisotopic (exact) mass is 504 g/mol. The van der Waals surface area contributed by atoms with E-state index in [2.05, 4.69) is 4.74 Å². The first kappa shape index (κ1) is 24.9. The van der Waals surface area contributed by atoms with Crippen LogP contribution in [0, 0.1) is 36.0 Å². The Morgan fingerprint density at radius 2 is 1.56 bits per heavy atom. The van der Waals surface area contributed by atoms with Crippen LogP contribution in [0.15, 0.2) is 42.2 Å². The average Bonchev–Trinajstić information content (AvgIpc) is 3.17. The van der Waals surface area contributed by atoms with Crippen LogP contribution in [0.3, 0.4) is 0 Å². The molecule has 0 N–H and O–H groups in total. The SMILES string of the molecule is CCc1ccc(/C=C2\Oc3cc(OC(=O)COc4c(F)c(F)c(F)c(F)c4F)cc(C)c3C2=O)cc1. The largest absolute Gasteiger partial charge is 0.476 e. The minimum atomic E-state index is -2.35. The van der Waals surface area contributed by atoms with Gasteiger partial charge in [-0.15, -0.1) is 0 Å². The van der Waals surface area contributed by atoms with Gasteiger partial charge in [-0.2, -0.15) is 8.78 Å². The number of allylic oxidation sites excluding steroid dienone is 1. The van der Waals surface area contributed by atoms with Gasteiger partial charge in [0.1, 0.15) is 11.5 Å². The van der Waals surface area contributed by atoms with Gasteiger partial charge in [-0.05, 0) is 42.2 Å². The van der Waals surface area contributed by atoms with Crippen LogP contribution in [-0.4, -0.2) is 18.4 Å². The van der Waals surface area contributed by atoms with E-state index in [-0.39, 0.29) is 28.6 Å². The molecule has 0 unspecified atom stereocenters. The lowest BCUT2D eigenvalue weighted by Crippen LogP contribution is -2.19. The third kappa shape index (κ3) is 4.66. The second kappa shape index (κ2) is 9.80. The molecular formula is C26H17F5O5. The summed E-state index contributed by atoms with van der Waals surface area (Å²) in [6, 6.07) is 10.2. The van der Waals surface area contributed by atoms with Gasteiger partial charge in [0.2, 0.25) is 34.9 Å². The Bertz CT molecular complexity index is 1380. The molecule has 0 amide bonds. The summed E-state index contributed by atoms with van der Waals surface area (Å²) in [6.45, 7) is 2.45. The normalized spacial score (nSPS) is 13.5. The molecule has 0 aliphatic carbocycles. The van der Waals surface area contributed by atoms with Gasteiger partial charge in [0, 0.05) is 6.07 Å². The minimum Gasteiger partial charge on any atom is -0.476 e. The molecule has 10 heteroatoms. The van der Waals surface area contributed by atoms with E-state index in [1.54, 1.807) is 13.0 Å². The number of fused-ring (bicyclic) bond motifs is 1. The van der Waals surface area contributed by atoms with Crippen molar-refractivity contribution in [1.29, 1.82) is 0 Å². The number of benzene rings is 3. The van der Waals surface area contributed by atoms with E-state index in [1.165, 1.54) is 12.1 Å². The van der Waals surface area contributed by atoms with Gasteiger partial charge < -0.3 is 14.2 Å². The zero-order chi connectivity index (χ0) is 26.1. The summed E-state index contributed by atoms with van der Waals surface area (Å²) in [5, 5.41) is 0. The van der Waals surface area contributed by atoms with E-state index in [1.807, 2.05) is 31.2 Å². The van der Waals surface area contributed by atoms with Crippen molar-refractivity contribution in [1.82, 2.24) is 0 Å². The predicted molar refractivity (Wildman–Crippen MR) is 117 cm³/mol. The lowest BCUT2D eigenvalue weighted by atomic mass is 10.0. The van der Waals surface area contributed by atoms with Crippen molar-refractivity contribution in [3.8, 4) is 17.2 Å². The third-order valence-corrected chi connectivity index (χ3v) is 5.36. The number of Topliss-reactive ketones (excluding diaryl/α,β-unsaturated/α-hetero) is 1. The molecular weight excluding hydrogens is 487 g/mol. The summed E-state index contributed by atoms with van der Waals surface area (Å²) in [5.41, 5.74) is 2.57. The second-order valence-electron chi connectivity index (χ2n) is 7.81. The van der Waals surface area contributed by atoms with E-state index in [0.29, 0.717) is 5.56 Å². The first-order chi connectivity index (χ1) is 17.1. The maximum atomic E-state index is 13.7. The van der Waals surface area contributed by atoms with Crippen LogP contribution < -0.4 is 14.2 Å². The second-order valence-corrected chi connectivity index (χ2v) is 7.81. The van der Waals surface area contributed by atoms with Crippen molar-refractivity contribution >= 4 is 17.8 Å². The molecule has 4 rings (SSSR count). The number of halogens is 5. The first-order valence-electron chi connectivity index (χ1n) is 10.6. The number of hydrogen-bond acceptors (Lipinski definition) is 5. The number of hydrogen-bond donors (Lipinski definition) is 0. The third-order valence-electron chi connectivity index (χ3n) is 5.36. The number of esters is 1. The highest BCUT2D eigenvalue weighted by molar-refractivity contribution is 6.15. The maximum absolute atomic E-state index is 13.7. The highest BCUT2D eigenvalue weighted by atomic mass is 19.2. The minimum absolute atomic E-state index is 0.0653. The Morgan fingerprint density at radius 3 is 2.17 bits per heavy atom. The van der Waals surface area contributed by atoms with E-state index < -0.39 is 47.4 Å². The molecule has 0 atom stereocenters. The van der Waals surface area contributed by atoms with Gasteiger partial charge in [0.15, 0.2) is 18.1 Å². The van der Waals surface area contributed by atoms with Crippen molar-refractivity contribution in [3.05, 3.63) is 93.5 Å². The van der Waals surface area contributed by atoms with Crippen molar-refractivity contribution in [2.45, 2.75) is 20.3 Å². The molecule has 36 heavy (non-hydrogen) atoms. The molecule has 0 bridgehead atoms. The van der Waals surface area contributed by atoms with Gasteiger partial charge >= 0.3 is 5.97 Å². The summed E-state index contributed by atoms with van der Waals surface area (Å²) in [7, 11) is 0. The number of ketones is 1. The predicted octanol–water partition coefficient (Wildman–Crippen LogP) is 5.85. The zero-order valence-electron chi connectivity index (χ0n) is 18.9. The topological polar surface area (TPSA) is 61.8 Å². The molecule has 0 spiro atoms. The molecule has 3 aromatic carbocycles. The molecule has 0 fully saturated rings. The van der Waals surface area contributed by atoms with Crippen molar-refractivity contribution < 1.29 is 45.8 Å². The molecule has 1 aliphatic heterocycles. The molecule has 0 saturated carbocycles. The average molecular weight is 504 g/mol. The molecule has 1 heterocycles. The Hall–Kier alpha value is -4.21. The molecule has 1 aliphatic rings. The van der Waals surface area contributed by atoms with Gasteiger partial charge in [0.25, 0.3) is 0 Å². The van der Waals surface area contributed by atoms with E-state index in [4.69, 9.17) is 9.47 Å². The Kier molecular flexibility index (Phi) is 6.78. The van der Waals surface area contributed by atoms with Crippen LogP contribution in [-0.2, 0) is 11.2 Å². The lowest BCUT2D eigenvalue weighted by Gasteiger charge is -2.11. The number of ether oxygens (including phenoxy) is 3. The van der Waals surface area contributed by atoms with Crippen LogP contribution in [0.4, 0.5) is 22.0 Å². The molecule has 0 saturated heterocycles. The van der Waals surface area contributed by atoms with Crippen molar-refractivity contribution in [2.24, 2.45) is 0 Å². The van der Waals surface area contributed by atoms with Crippen LogP contribution in [0.5, 0.6) is 17.2 Å². The fourth-order valence-corrected chi connectivity index (χ4v) is 3.54. The molecule has 3 aromatic rings. The molecule has 5 nitrogen and oxygen atoms in total. The van der Waals surface area contributed by atoms with E-state index in [0.717, 1.165) is 17.5 Å². The Morgan fingerprint density at radius 1 is 0.944 bits per heavy atom. The van der Waals surface area contributed by atoms with Crippen LogP contribution in [0.2, 0.25) is 0 Å². The maximum Gasteiger partial charge on any atom is 0.349 e. The van der Waals surface area contributed by atoms with Gasteiger partial charge in [0.05, 0.1) is 5.56 Å². The number of carbonyl (C=O) groups excluding carboxylic acids is 2. The van der Waals surface area contributed by atoms with Gasteiger partial charge in [-0.1, -0.05) is 31.2 Å². The van der Waals surface area contributed by atoms with Crippen LogP contribution >= 0.6 is 0 Å². The summed E-state index contributed by atoms with van der Waals surface area (Å²) in [6.07, 6.45) is 2.44. The van der Waals surface area contributed by atoms with Gasteiger partial charge in [-0.25, -0.2) is 18.0 Å². The first-order valence-corrected chi connectivity index (χ1v) is 10.6. The fourth-order valence-electron chi connectivity index (χ4n) is 3.54. The van der Waals surface area contributed by atoms with E-state index in [9.17, 15) is 31.5 Å². The van der Waals surface area contributed by atoms with Gasteiger partial charge in [-0.3, -0.25) is 4.79 Å². The fraction of sp³-hybridized carbons (Fsp3) is 0.154. The van der Waals surface area contributed by atoms with Crippen LogP contribution in [0.1, 0.15) is 34.0 Å². The van der Waals surface area contributed by atoms with E-state index >= 15 is 0 Å². The molecule has 186 valence electrons. The standard InChI is InChI=1S/C26H17F5O5/c1-3-13-4-6-14(7-5-13)9-17-25(33)19-12(2)8-15(10-16(19)36-17)35-18(32)11-34-26-23(30)21(28)20(27)22(29)24(26)31/h4-10H,3,11H2,1-2H3/b17-9-. The van der Waals surface area contributed by atoms with Crippen LogP contribution in [0.25, 0.3) is 6.08 Å². The Balaban J connectivity index is 1.48. The summed E-state index contributed by atoms with van der Waals surface area (Å²) < 4.78 is 82.3. The molecule has 0 aromatic heterocycles. The summed E-state index contributed by atoms with van der Waals surface area (Å²) in [4.78, 5) is 24.9. The highest BCUT2D eigenvalue weighted by Crippen LogP contribution is 2.37. The number of carbonyl (C=O) groups is 2. The smallest absolute Gasteiger partial charge is 0.349 e. The zero-order valence-corrected chi connectivity index (χ0v) is 18.9. The Labute approximate surface area is 201 Å². The van der Waals surface area contributed by atoms with Crippen molar-refractivity contribution in [3.63, 3.8) is 0 Å². The summed E-state index contributed by atoms with van der Waals surface area (Å²) >= 11 is 0. The molecule has 0 radical (unpaired) electrons. The lowest BCUT2D eigenvalue weighted by molar-refractivity contribution is -0.136.